The maximum Gasteiger partial charge on any atom is 0.383 e. The predicted octanol–water partition coefficient (Wildman–Crippen LogP) is 2.33. The van der Waals surface area contributed by atoms with Crippen molar-refractivity contribution >= 4 is 16.7 Å². The van der Waals surface area contributed by atoms with Gasteiger partial charge in [-0.3, -0.25) is 10.1 Å². The van der Waals surface area contributed by atoms with E-state index in [1.807, 2.05) is 37.3 Å². The molecule has 0 saturated heterocycles. The number of rotatable bonds is 3. The number of hydrogen-bond donors (Lipinski definition) is 0. The average Bonchev–Trinajstić information content (AvgIpc) is 2.32. The van der Waals surface area contributed by atoms with Crippen molar-refractivity contribution in [1.82, 2.24) is 0 Å². The summed E-state index contributed by atoms with van der Waals surface area (Å²) in [6.07, 6.45) is 0. The van der Waals surface area contributed by atoms with Gasteiger partial charge in [-0.2, -0.15) is 0 Å². The van der Waals surface area contributed by atoms with Crippen LogP contribution in [-0.2, 0) is 4.79 Å². The minimum atomic E-state index is -0.863. The molecule has 0 bridgehead atoms. The van der Waals surface area contributed by atoms with Gasteiger partial charge in [0.2, 0.25) is 0 Å². The molecule has 2 aromatic carbocycles. The van der Waals surface area contributed by atoms with E-state index in [9.17, 15) is 14.9 Å². The van der Waals surface area contributed by atoms with Gasteiger partial charge in [-0.15, -0.1) is 0 Å². The number of aryl methyl sites for hydroxylation is 1. The van der Waals surface area contributed by atoms with Crippen LogP contribution in [0, 0.1) is 17.0 Å². The van der Waals surface area contributed by atoms with Crippen molar-refractivity contribution in [1.29, 1.82) is 0 Å². The Balaban J connectivity index is 2.32. The molecule has 0 aliphatic rings. The standard InChI is InChI=1S/C13H11NO4/c1-9-11-5-3-2-4-10(11)6-7-12(9)18-13(15)8-14(16)17/h2-7H,8H2,1H3. The minimum Gasteiger partial charge on any atom is -0.421 e. The van der Waals surface area contributed by atoms with E-state index in [1.54, 1.807) is 6.07 Å². The topological polar surface area (TPSA) is 69.4 Å². The van der Waals surface area contributed by atoms with Crippen LogP contribution in [0.3, 0.4) is 0 Å². The Morgan fingerprint density at radius 1 is 1.28 bits per heavy atom. The Kier molecular flexibility index (Phi) is 3.23. The molecule has 0 N–H and O–H groups in total. The zero-order valence-electron chi connectivity index (χ0n) is 9.75. The van der Waals surface area contributed by atoms with Crippen molar-refractivity contribution < 1.29 is 14.5 Å². The molecule has 0 unspecified atom stereocenters. The van der Waals surface area contributed by atoms with Crippen LogP contribution in [0.25, 0.3) is 10.8 Å². The van der Waals surface area contributed by atoms with Gasteiger partial charge in [0.25, 0.3) is 6.54 Å². The number of nitrogens with zero attached hydrogens (tertiary/aromatic N) is 1. The van der Waals surface area contributed by atoms with Crippen LogP contribution in [0.1, 0.15) is 5.56 Å². The van der Waals surface area contributed by atoms with Crippen molar-refractivity contribution in [3.05, 3.63) is 52.1 Å². The fourth-order valence-electron chi connectivity index (χ4n) is 1.78. The fraction of sp³-hybridized carbons (Fsp3) is 0.154. The largest absolute Gasteiger partial charge is 0.421 e. The summed E-state index contributed by atoms with van der Waals surface area (Å²) in [5.74, 6) is -0.501. The van der Waals surface area contributed by atoms with Gasteiger partial charge < -0.3 is 4.74 Å². The van der Waals surface area contributed by atoms with Gasteiger partial charge >= 0.3 is 5.97 Å². The number of ether oxygens (including phenoxy) is 1. The normalized spacial score (nSPS) is 10.3. The van der Waals surface area contributed by atoms with Crippen LogP contribution in [0.5, 0.6) is 5.75 Å². The zero-order chi connectivity index (χ0) is 13.1. The minimum absolute atomic E-state index is 0.362. The number of carbonyl (C=O) groups excluding carboxylic acids is 1. The number of benzene rings is 2. The van der Waals surface area contributed by atoms with E-state index in [0.29, 0.717) is 5.75 Å². The highest BCUT2D eigenvalue weighted by Gasteiger charge is 2.14. The molecule has 0 radical (unpaired) electrons. The van der Waals surface area contributed by atoms with E-state index >= 15 is 0 Å². The van der Waals surface area contributed by atoms with Gasteiger partial charge in [0.15, 0.2) is 0 Å². The third-order valence-electron chi connectivity index (χ3n) is 2.63. The second kappa shape index (κ2) is 4.83. The smallest absolute Gasteiger partial charge is 0.383 e. The van der Waals surface area contributed by atoms with Gasteiger partial charge in [-0.05, 0) is 29.3 Å². The molecule has 0 fully saturated rings. The Morgan fingerprint density at radius 2 is 2.00 bits per heavy atom. The van der Waals surface area contributed by atoms with Gasteiger partial charge in [-0.1, -0.05) is 30.3 Å². The number of hydrogen-bond acceptors (Lipinski definition) is 4. The molecule has 0 amide bonds. The summed E-state index contributed by atoms with van der Waals surface area (Å²) in [5.41, 5.74) is 0.796. The molecule has 0 heterocycles. The molecule has 0 aliphatic carbocycles. The van der Waals surface area contributed by atoms with Crippen molar-refractivity contribution in [2.75, 3.05) is 6.54 Å². The lowest BCUT2D eigenvalue weighted by atomic mass is 10.0. The molecule has 2 rings (SSSR count). The highest BCUT2D eigenvalue weighted by Crippen LogP contribution is 2.27. The van der Waals surface area contributed by atoms with Crippen LogP contribution in [0.2, 0.25) is 0 Å². The average molecular weight is 245 g/mol. The van der Waals surface area contributed by atoms with E-state index in [1.165, 1.54) is 0 Å². The van der Waals surface area contributed by atoms with Crippen LogP contribution >= 0.6 is 0 Å². The van der Waals surface area contributed by atoms with Crippen molar-refractivity contribution in [3.63, 3.8) is 0 Å². The first-order chi connectivity index (χ1) is 8.58. The highest BCUT2D eigenvalue weighted by atomic mass is 16.6. The molecular formula is C13H11NO4. The van der Waals surface area contributed by atoms with E-state index in [4.69, 9.17) is 4.74 Å². The second-order valence-corrected chi connectivity index (χ2v) is 3.87. The number of esters is 1. The zero-order valence-corrected chi connectivity index (χ0v) is 9.75. The summed E-state index contributed by atoms with van der Waals surface area (Å²) < 4.78 is 4.98. The first kappa shape index (κ1) is 12.0. The Labute approximate surface area is 103 Å². The molecule has 0 saturated carbocycles. The summed E-state index contributed by atoms with van der Waals surface area (Å²) in [6.45, 7) is 0.989. The molecule has 5 nitrogen and oxygen atoms in total. The number of fused-ring (bicyclic) bond motifs is 1. The summed E-state index contributed by atoms with van der Waals surface area (Å²) in [6, 6.07) is 11.1. The summed E-state index contributed by atoms with van der Waals surface area (Å²) in [7, 11) is 0. The van der Waals surface area contributed by atoms with E-state index < -0.39 is 17.4 Å². The molecule has 5 heteroatoms. The van der Waals surface area contributed by atoms with E-state index in [0.717, 1.165) is 16.3 Å². The summed E-state index contributed by atoms with van der Waals surface area (Å²) in [5, 5.41) is 12.2. The molecule has 0 spiro atoms. The van der Waals surface area contributed by atoms with Gasteiger partial charge in [0.1, 0.15) is 5.75 Å². The Bertz CT molecular complexity index is 621. The lowest BCUT2D eigenvalue weighted by molar-refractivity contribution is -0.469. The van der Waals surface area contributed by atoms with Crippen molar-refractivity contribution in [2.45, 2.75) is 6.92 Å². The first-order valence-electron chi connectivity index (χ1n) is 5.39. The van der Waals surface area contributed by atoms with Crippen LogP contribution in [0.4, 0.5) is 0 Å². The quantitative estimate of drug-likeness (QED) is 0.360. The lowest BCUT2D eigenvalue weighted by Crippen LogP contribution is -2.19. The van der Waals surface area contributed by atoms with Crippen molar-refractivity contribution in [3.8, 4) is 5.75 Å². The maximum absolute atomic E-state index is 11.2. The van der Waals surface area contributed by atoms with Gasteiger partial charge in [-0.25, -0.2) is 4.79 Å². The SMILES string of the molecule is Cc1c(OC(=O)C[N+](=O)[O-])ccc2ccccc12. The molecule has 18 heavy (non-hydrogen) atoms. The fourth-order valence-corrected chi connectivity index (χ4v) is 1.78. The third kappa shape index (κ3) is 2.45. The Morgan fingerprint density at radius 3 is 2.72 bits per heavy atom. The molecule has 92 valence electrons. The lowest BCUT2D eigenvalue weighted by Gasteiger charge is -2.08. The maximum atomic E-state index is 11.2. The number of carbonyl (C=O) groups is 1. The molecular weight excluding hydrogens is 234 g/mol. The monoisotopic (exact) mass is 245 g/mol. The second-order valence-electron chi connectivity index (χ2n) is 3.87. The molecule has 0 atom stereocenters. The first-order valence-corrected chi connectivity index (χ1v) is 5.39. The van der Waals surface area contributed by atoms with Crippen LogP contribution < -0.4 is 4.74 Å². The summed E-state index contributed by atoms with van der Waals surface area (Å²) >= 11 is 0. The third-order valence-corrected chi connectivity index (χ3v) is 2.63. The van der Waals surface area contributed by atoms with Crippen LogP contribution in [0.15, 0.2) is 36.4 Å². The molecule has 0 aromatic heterocycles. The number of nitro groups is 1. The van der Waals surface area contributed by atoms with Crippen LogP contribution in [-0.4, -0.2) is 17.4 Å². The van der Waals surface area contributed by atoms with Crippen molar-refractivity contribution in [2.24, 2.45) is 0 Å². The molecule has 2 aromatic rings. The molecule has 0 aliphatic heterocycles. The highest BCUT2D eigenvalue weighted by molar-refractivity contribution is 5.88. The van der Waals surface area contributed by atoms with Gasteiger partial charge in [0.05, 0.1) is 0 Å². The van der Waals surface area contributed by atoms with E-state index in [2.05, 4.69) is 0 Å². The van der Waals surface area contributed by atoms with E-state index in [-0.39, 0.29) is 0 Å². The van der Waals surface area contributed by atoms with Gasteiger partial charge in [0, 0.05) is 4.92 Å². The predicted molar refractivity (Wildman–Crippen MR) is 66.2 cm³/mol. The Hall–Kier alpha value is -2.43. The summed E-state index contributed by atoms with van der Waals surface area (Å²) in [4.78, 5) is 20.7.